The van der Waals surface area contributed by atoms with Gasteiger partial charge in [0.2, 0.25) is 0 Å². The third-order valence-corrected chi connectivity index (χ3v) is 0.377. The molecule has 0 radical (unpaired) electrons. The Bertz CT molecular complexity index is 66.2. The Morgan fingerprint density at radius 2 is 2.33 bits per heavy atom. The van der Waals surface area contributed by atoms with Crippen LogP contribution in [-0.4, -0.2) is 23.1 Å². The first-order valence-corrected chi connectivity index (χ1v) is 1.88. The third-order valence-electron chi connectivity index (χ3n) is 0.244. The number of halogens is 1. The molecule has 0 aliphatic heterocycles. The van der Waals surface area contributed by atoms with E-state index in [0.29, 0.717) is 0 Å². The van der Waals surface area contributed by atoms with Crippen LogP contribution in [0, 0.1) is 11.3 Å². The predicted molar refractivity (Wildman–Crippen MR) is 31.9 cm³/mol. The van der Waals surface area contributed by atoms with Gasteiger partial charge >= 0.3 is 23.1 Å². The number of rotatable bonds is 0. The summed E-state index contributed by atoms with van der Waals surface area (Å²) in [6.45, 7) is 1.95. The maximum Gasteiger partial charge on any atom is 2.00 e. The Morgan fingerprint density at radius 1 is 1.83 bits per heavy atom. The van der Waals surface area contributed by atoms with Crippen molar-refractivity contribution in [3.63, 3.8) is 0 Å². The second-order valence-electron chi connectivity index (χ2n) is 0.625. The van der Waals surface area contributed by atoms with Crippen molar-refractivity contribution in [1.29, 1.82) is 0 Å². The van der Waals surface area contributed by atoms with E-state index >= 15 is 0 Å². The smallest absolute Gasteiger partial charge is 1.00 e. The van der Waals surface area contributed by atoms with E-state index in [1.807, 2.05) is 6.92 Å². The third kappa shape index (κ3) is 8.82. The quantitative estimate of drug-likeness (QED) is 0.331. The van der Waals surface area contributed by atoms with Crippen molar-refractivity contribution in [2.75, 3.05) is 0 Å². The standard InChI is InChI=1S/C4H5Cl.Mg.2H/c1-2-3-4-5;;;/h2H2,1H3;;;/q;+2;2*-1. The van der Waals surface area contributed by atoms with Gasteiger partial charge in [-0.25, -0.2) is 0 Å². The zero-order valence-corrected chi connectivity index (χ0v) is 5.96. The molecule has 0 rings (SSSR count). The zero-order chi connectivity index (χ0) is 4.12. The molecule has 0 aromatic heterocycles. The molecule has 0 nitrogen and oxygen atoms in total. The van der Waals surface area contributed by atoms with Crippen LogP contribution in [0.15, 0.2) is 0 Å². The molecule has 6 heavy (non-hydrogen) atoms. The summed E-state index contributed by atoms with van der Waals surface area (Å²) in [7, 11) is 0. The average molecular weight is 115 g/mol. The van der Waals surface area contributed by atoms with E-state index < -0.39 is 0 Å². The van der Waals surface area contributed by atoms with Crippen molar-refractivity contribution in [1.82, 2.24) is 0 Å². The Morgan fingerprint density at radius 3 is 2.33 bits per heavy atom. The molecule has 2 heteroatoms. The van der Waals surface area contributed by atoms with Crippen molar-refractivity contribution in [3.8, 4) is 11.3 Å². The van der Waals surface area contributed by atoms with Gasteiger partial charge in [0, 0.05) is 11.8 Å². The molecule has 0 heterocycles. The fraction of sp³-hybridized carbons (Fsp3) is 0.500. The van der Waals surface area contributed by atoms with Crippen LogP contribution in [0.2, 0.25) is 0 Å². The topological polar surface area (TPSA) is 0 Å². The summed E-state index contributed by atoms with van der Waals surface area (Å²) in [5.74, 6) is 2.63. The maximum atomic E-state index is 4.94. The normalized spacial score (nSPS) is 4.33. The maximum absolute atomic E-state index is 4.94. The molecule has 0 aromatic rings. The molecule has 0 saturated carbocycles. The summed E-state index contributed by atoms with van der Waals surface area (Å²) in [5, 5.41) is 2.24. The van der Waals surface area contributed by atoms with Crippen LogP contribution < -0.4 is 0 Å². The van der Waals surface area contributed by atoms with Gasteiger partial charge in [-0.2, -0.15) is 0 Å². The molecule has 32 valence electrons. The van der Waals surface area contributed by atoms with Crippen molar-refractivity contribution < 1.29 is 2.85 Å². The van der Waals surface area contributed by atoms with Crippen molar-refractivity contribution >= 4 is 34.7 Å². The van der Waals surface area contributed by atoms with E-state index in [1.54, 1.807) is 0 Å². The minimum atomic E-state index is 0. The molecule has 0 amide bonds. The summed E-state index contributed by atoms with van der Waals surface area (Å²) in [6, 6.07) is 0. The Kier molecular flexibility index (Phi) is 14.9. The summed E-state index contributed by atoms with van der Waals surface area (Å²) < 4.78 is 0. The molecule has 0 saturated heterocycles. The van der Waals surface area contributed by atoms with Crippen LogP contribution in [0.25, 0.3) is 0 Å². The molecule has 0 spiro atoms. The van der Waals surface area contributed by atoms with E-state index in [0.717, 1.165) is 6.42 Å². The number of hydrogen-bond donors (Lipinski definition) is 0. The van der Waals surface area contributed by atoms with E-state index in [9.17, 15) is 0 Å². The van der Waals surface area contributed by atoms with E-state index in [1.165, 1.54) is 0 Å². The van der Waals surface area contributed by atoms with Gasteiger partial charge in [0.05, 0.1) is 0 Å². The van der Waals surface area contributed by atoms with Gasteiger partial charge in [-0.1, -0.05) is 12.8 Å². The van der Waals surface area contributed by atoms with Crippen molar-refractivity contribution in [2.45, 2.75) is 13.3 Å². The molecule has 0 N–H and O–H groups in total. The second kappa shape index (κ2) is 9.15. The van der Waals surface area contributed by atoms with E-state index in [-0.39, 0.29) is 25.9 Å². The first-order chi connectivity index (χ1) is 2.41. The predicted octanol–water partition coefficient (Wildman–Crippen LogP) is 1.44. The molecule has 0 fully saturated rings. The minimum absolute atomic E-state index is 0. The first-order valence-electron chi connectivity index (χ1n) is 1.50. The van der Waals surface area contributed by atoms with E-state index in [2.05, 4.69) is 11.3 Å². The Labute approximate surface area is 62.4 Å². The number of hydrogen-bond acceptors (Lipinski definition) is 0. The molecular formula is C4H7ClMg. The van der Waals surface area contributed by atoms with Gasteiger partial charge in [-0.3, -0.25) is 0 Å². The first kappa shape index (κ1) is 9.79. The molecular weight excluding hydrogens is 108 g/mol. The fourth-order valence-corrected chi connectivity index (χ4v) is 0.200. The molecule has 0 unspecified atom stereocenters. The van der Waals surface area contributed by atoms with Crippen LogP contribution in [0.5, 0.6) is 0 Å². The fourth-order valence-electron chi connectivity index (χ4n) is 0.0668. The van der Waals surface area contributed by atoms with Gasteiger partial charge < -0.3 is 2.85 Å². The molecule has 0 aromatic carbocycles. The summed E-state index contributed by atoms with van der Waals surface area (Å²) in [6.07, 6.45) is 0.851. The Hall–Kier alpha value is 0.616. The van der Waals surface area contributed by atoms with Crippen LogP contribution in [0.1, 0.15) is 16.2 Å². The van der Waals surface area contributed by atoms with Crippen LogP contribution in [0.4, 0.5) is 0 Å². The van der Waals surface area contributed by atoms with Gasteiger partial charge in [-0.05, 0) is 11.6 Å². The van der Waals surface area contributed by atoms with Crippen LogP contribution >= 0.6 is 11.6 Å². The zero-order valence-electron chi connectivity index (χ0n) is 5.79. The molecule has 0 aliphatic rings. The monoisotopic (exact) mass is 114 g/mol. The van der Waals surface area contributed by atoms with Crippen LogP contribution in [0.3, 0.4) is 0 Å². The summed E-state index contributed by atoms with van der Waals surface area (Å²) in [4.78, 5) is 0. The summed E-state index contributed by atoms with van der Waals surface area (Å²) >= 11 is 4.94. The minimum Gasteiger partial charge on any atom is -1.00 e. The summed E-state index contributed by atoms with van der Waals surface area (Å²) in [5.41, 5.74) is 0. The van der Waals surface area contributed by atoms with Gasteiger partial charge in [0.15, 0.2) is 0 Å². The SMILES string of the molecule is CCC#CCl.[H-].[H-].[Mg+2]. The molecule has 0 aliphatic carbocycles. The molecule has 0 bridgehead atoms. The Balaban J connectivity index is -0.0000000267. The van der Waals surface area contributed by atoms with Gasteiger partial charge in [0.25, 0.3) is 0 Å². The van der Waals surface area contributed by atoms with Gasteiger partial charge in [-0.15, -0.1) is 0 Å². The van der Waals surface area contributed by atoms with Crippen LogP contribution in [-0.2, 0) is 0 Å². The molecule has 0 atom stereocenters. The second-order valence-corrected chi connectivity index (χ2v) is 0.814. The average Bonchev–Trinajstić information content (AvgIpc) is 1.41. The largest absolute Gasteiger partial charge is 2.00 e. The van der Waals surface area contributed by atoms with Crippen molar-refractivity contribution in [2.24, 2.45) is 0 Å². The van der Waals surface area contributed by atoms with Gasteiger partial charge in [0.1, 0.15) is 0 Å². The van der Waals surface area contributed by atoms with E-state index in [4.69, 9.17) is 11.6 Å². The van der Waals surface area contributed by atoms with Crippen molar-refractivity contribution in [3.05, 3.63) is 0 Å².